The van der Waals surface area contributed by atoms with Crippen LogP contribution in [0, 0.1) is 6.92 Å². The fourth-order valence-corrected chi connectivity index (χ4v) is 3.02. The number of aryl methyl sites for hydroxylation is 1. The number of ether oxygens (including phenoxy) is 1. The second kappa shape index (κ2) is 9.05. The molecule has 3 aromatic rings. The molecule has 0 bridgehead atoms. The number of anilines is 1. The average molecular weight is 392 g/mol. The average Bonchev–Trinajstić information content (AvgIpc) is 3.05. The lowest BCUT2D eigenvalue weighted by Crippen LogP contribution is -2.20. The molecule has 1 aromatic heterocycles. The Labute approximate surface area is 169 Å². The molecule has 29 heavy (non-hydrogen) atoms. The van der Waals surface area contributed by atoms with Gasteiger partial charge in [-0.15, -0.1) is 0 Å². The van der Waals surface area contributed by atoms with Crippen LogP contribution in [-0.2, 0) is 6.42 Å². The molecule has 0 unspecified atom stereocenters. The van der Waals surface area contributed by atoms with Crippen molar-refractivity contribution in [3.63, 3.8) is 0 Å². The van der Waals surface area contributed by atoms with E-state index < -0.39 is 6.09 Å². The number of aromatic nitrogens is 2. The van der Waals surface area contributed by atoms with Gasteiger partial charge < -0.3 is 10.1 Å². The first kappa shape index (κ1) is 20.1. The fraction of sp³-hybridized carbons (Fsp3) is 0.227. The van der Waals surface area contributed by atoms with Crippen LogP contribution < -0.4 is 15.4 Å². The molecule has 150 valence electrons. The standard InChI is InChI=1S/C22H24N4O3/c1-4-9-16-10-8-13-18(14-16)29-22(28)24-20-15(2)19(21(27)23-3)25-26(20)17-11-6-5-7-12-17/h5-8,10-14H,4,9H2,1-3H3,(H,23,27)(H,24,28). The van der Waals surface area contributed by atoms with Crippen LogP contribution in [0.5, 0.6) is 5.75 Å². The normalized spacial score (nSPS) is 10.4. The van der Waals surface area contributed by atoms with Crippen LogP contribution in [0.3, 0.4) is 0 Å². The van der Waals surface area contributed by atoms with E-state index in [1.807, 2.05) is 48.5 Å². The van der Waals surface area contributed by atoms with Crippen molar-refractivity contribution in [2.75, 3.05) is 12.4 Å². The van der Waals surface area contributed by atoms with Crippen molar-refractivity contribution in [1.82, 2.24) is 15.1 Å². The van der Waals surface area contributed by atoms with Gasteiger partial charge in [-0.3, -0.25) is 10.1 Å². The molecule has 2 amide bonds. The fourth-order valence-electron chi connectivity index (χ4n) is 3.02. The van der Waals surface area contributed by atoms with Crippen molar-refractivity contribution in [3.8, 4) is 11.4 Å². The minimum Gasteiger partial charge on any atom is -0.410 e. The molecule has 0 spiro atoms. The van der Waals surface area contributed by atoms with Crippen LogP contribution in [0.4, 0.5) is 10.6 Å². The lowest BCUT2D eigenvalue weighted by Gasteiger charge is -2.11. The van der Waals surface area contributed by atoms with Crippen LogP contribution in [0.1, 0.15) is 35.0 Å². The lowest BCUT2D eigenvalue weighted by atomic mass is 10.1. The molecule has 0 saturated heterocycles. The van der Waals surface area contributed by atoms with Gasteiger partial charge in [-0.2, -0.15) is 5.10 Å². The summed E-state index contributed by atoms with van der Waals surface area (Å²) in [6.45, 7) is 3.83. The molecular weight excluding hydrogens is 368 g/mol. The first-order valence-electron chi connectivity index (χ1n) is 9.48. The highest BCUT2D eigenvalue weighted by atomic mass is 16.6. The summed E-state index contributed by atoms with van der Waals surface area (Å²) in [5.41, 5.74) is 2.60. The van der Waals surface area contributed by atoms with Crippen LogP contribution in [0.2, 0.25) is 0 Å². The summed E-state index contributed by atoms with van der Waals surface area (Å²) >= 11 is 0. The second-order valence-electron chi connectivity index (χ2n) is 6.56. The number of amides is 2. The van der Waals surface area contributed by atoms with Crippen LogP contribution in [0.25, 0.3) is 5.69 Å². The first-order valence-corrected chi connectivity index (χ1v) is 9.48. The van der Waals surface area contributed by atoms with Gasteiger partial charge in [0.1, 0.15) is 11.6 Å². The van der Waals surface area contributed by atoms with E-state index in [9.17, 15) is 9.59 Å². The number of carbonyl (C=O) groups is 2. The zero-order valence-electron chi connectivity index (χ0n) is 16.7. The summed E-state index contributed by atoms with van der Waals surface area (Å²) in [4.78, 5) is 24.7. The molecule has 0 saturated carbocycles. The quantitative estimate of drug-likeness (QED) is 0.661. The number of benzene rings is 2. The number of nitrogens with one attached hydrogen (secondary N) is 2. The SMILES string of the molecule is CCCc1cccc(OC(=O)Nc2c(C)c(C(=O)NC)nn2-c2ccccc2)c1. The van der Waals surface area contributed by atoms with Gasteiger partial charge in [-0.25, -0.2) is 9.48 Å². The van der Waals surface area contributed by atoms with Gasteiger partial charge in [-0.1, -0.05) is 43.7 Å². The van der Waals surface area contributed by atoms with Crippen LogP contribution in [0.15, 0.2) is 54.6 Å². The van der Waals surface area contributed by atoms with E-state index in [1.54, 1.807) is 13.0 Å². The van der Waals surface area contributed by atoms with Crippen LogP contribution >= 0.6 is 0 Å². The number of nitrogens with zero attached hydrogens (tertiary/aromatic N) is 2. The van der Waals surface area contributed by atoms with Crippen molar-refractivity contribution in [1.29, 1.82) is 0 Å². The molecule has 0 aliphatic rings. The molecule has 7 nitrogen and oxygen atoms in total. The molecular formula is C22H24N4O3. The third-order valence-corrected chi connectivity index (χ3v) is 4.43. The minimum absolute atomic E-state index is 0.233. The number of para-hydroxylation sites is 1. The Hall–Kier alpha value is -3.61. The molecule has 1 heterocycles. The highest BCUT2D eigenvalue weighted by Gasteiger charge is 2.22. The third-order valence-electron chi connectivity index (χ3n) is 4.43. The van der Waals surface area contributed by atoms with Gasteiger partial charge in [0.2, 0.25) is 0 Å². The minimum atomic E-state index is -0.651. The Kier molecular flexibility index (Phi) is 6.29. The molecule has 0 aliphatic heterocycles. The summed E-state index contributed by atoms with van der Waals surface area (Å²) in [6.07, 6.45) is 1.27. The molecule has 0 atom stereocenters. The Morgan fingerprint density at radius 3 is 2.55 bits per heavy atom. The van der Waals surface area contributed by atoms with E-state index in [4.69, 9.17) is 4.74 Å². The van der Waals surface area contributed by atoms with Gasteiger partial charge in [0.25, 0.3) is 5.91 Å². The number of rotatable bonds is 6. The summed E-state index contributed by atoms with van der Waals surface area (Å²) < 4.78 is 6.98. The molecule has 0 fully saturated rings. The zero-order valence-corrected chi connectivity index (χ0v) is 16.7. The molecule has 0 aliphatic carbocycles. The number of hydrogen-bond donors (Lipinski definition) is 2. The Morgan fingerprint density at radius 1 is 1.10 bits per heavy atom. The molecule has 0 radical (unpaired) electrons. The van der Waals surface area contributed by atoms with E-state index in [0.29, 0.717) is 22.8 Å². The Morgan fingerprint density at radius 2 is 1.86 bits per heavy atom. The smallest absolute Gasteiger partial charge is 0.410 e. The van der Waals surface area contributed by atoms with Crippen molar-refractivity contribution >= 4 is 17.8 Å². The van der Waals surface area contributed by atoms with Crippen molar-refractivity contribution in [3.05, 3.63) is 71.4 Å². The van der Waals surface area contributed by atoms with E-state index in [1.165, 1.54) is 11.7 Å². The lowest BCUT2D eigenvalue weighted by molar-refractivity contribution is 0.0957. The summed E-state index contributed by atoms with van der Waals surface area (Å²) in [7, 11) is 1.54. The molecule has 3 rings (SSSR count). The maximum absolute atomic E-state index is 12.6. The van der Waals surface area contributed by atoms with E-state index >= 15 is 0 Å². The zero-order chi connectivity index (χ0) is 20.8. The van der Waals surface area contributed by atoms with Gasteiger partial charge in [0, 0.05) is 12.6 Å². The van der Waals surface area contributed by atoms with Gasteiger partial charge in [0.05, 0.1) is 5.69 Å². The first-order chi connectivity index (χ1) is 14.0. The predicted molar refractivity (Wildman–Crippen MR) is 112 cm³/mol. The monoisotopic (exact) mass is 392 g/mol. The van der Waals surface area contributed by atoms with Crippen molar-refractivity contribution in [2.45, 2.75) is 26.7 Å². The molecule has 7 heteroatoms. The number of carbonyl (C=O) groups excluding carboxylic acids is 2. The summed E-state index contributed by atoms with van der Waals surface area (Å²) in [6, 6.07) is 16.7. The van der Waals surface area contributed by atoms with Crippen LogP contribution in [-0.4, -0.2) is 28.8 Å². The predicted octanol–water partition coefficient (Wildman–Crippen LogP) is 4.10. The molecule has 2 aromatic carbocycles. The molecule has 2 N–H and O–H groups in total. The highest BCUT2D eigenvalue weighted by molar-refractivity contribution is 5.96. The number of hydrogen-bond acceptors (Lipinski definition) is 4. The second-order valence-corrected chi connectivity index (χ2v) is 6.56. The Balaban J connectivity index is 1.89. The summed E-state index contributed by atoms with van der Waals surface area (Å²) in [5.74, 6) is 0.508. The maximum atomic E-state index is 12.6. The summed E-state index contributed by atoms with van der Waals surface area (Å²) in [5, 5.41) is 9.69. The van der Waals surface area contributed by atoms with Gasteiger partial charge >= 0.3 is 6.09 Å². The van der Waals surface area contributed by atoms with Crippen molar-refractivity contribution in [2.24, 2.45) is 0 Å². The highest BCUT2D eigenvalue weighted by Crippen LogP contribution is 2.24. The van der Waals surface area contributed by atoms with E-state index in [0.717, 1.165) is 18.4 Å². The van der Waals surface area contributed by atoms with Crippen molar-refractivity contribution < 1.29 is 14.3 Å². The van der Waals surface area contributed by atoms with Gasteiger partial charge in [0.15, 0.2) is 5.69 Å². The van der Waals surface area contributed by atoms with Gasteiger partial charge in [-0.05, 0) is 43.2 Å². The maximum Gasteiger partial charge on any atom is 0.418 e. The topological polar surface area (TPSA) is 85.2 Å². The third kappa shape index (κ3) is 4.63. The Bertz CT molecular complexity index is 1010. The largest absolute Gasteiger partial charge is 0.418 e. The van der Waals surface area contributed by atoms with E-state index in [-0.39, 0.29) is 11.6 Å². The van der Waals surface area contributed by atoms with E-state index in [2.05, 4.69) is 22.7 Å².